The largest absolute Gasteiger partial charge is 0.475 e. The van der Waals surface area contributed by atoms with Crippen LogP contribution < -0.4 is 4.74 Å². The zero-order valence-electron chi connectivity index (χ0n) is 13.2. The van der Waals surface area contributed by atoms with Crippen LogP contribution in [-0.4, -0.2) is 35.0 Å². The van der Waals surface area contributed by atoms with E-state index in [1.165, 1.54) is 12.1 Å². The Labute approximate surface area is 138 Å². The Morgan fingerprint density at radius 2 is 1.96 bits per heavy atom. The molecule has 0 spiro atoms. The van der Waals surface area contributed by atoms with Gasteiger partial charge in [0.15, 0.2) is 0 Å². The number of aromatic nitrogens is 2. The number of nitro benzene ring substituents is 1. The first kappa shape index (κ1) is 15.9. The lowest BCUT2D eigenvalue weighted by molar-refractivity contribution is -0.384. The normalized spacial score (nSPS) is 10.9. The molecule has 0 fully saturated rings. The highest BCUT2D eigenvalue weighted by Crippen LogP contribution is 2.30. The Balaban J connectivity index is 2.02. The lowest BCUT2D eigenvalue weighted by Gasteiger charge is -2.09. The molecule has 0 aliphatic heterocycles. The van der Waals surface area contributed by atoms with Crippen LogP contribution >= 0.6 is 0 Å². The highest BCUT2D eigenvalue weighted by molar-refractivity contribution is 5.86. The number of ether oxygens (including phenoxy) is 2. The minimum Gasteiger partial charge on any atom is -0.475 e. The molecular formula is C17H17N3O4. The molecule has 0 aliphatic rings. The zero-order valence-corrected chi connectivity index (χ0v) is 13.2. The van der Waals surface area contributed by atoms with Crippen LogP contribution in [0.3, 0.4) is 0 Å². The Bertz CT molecular complexity index is 846. The second kappa shape index (κ2) is 7.10. The fourth-order valence-electron chi connectivity index (χ4n) is 2.45. The Morgan fingerprint density at radius 3 is 2.67 bits per heavy atom. The number of hydrogen-bond acceptors (Lipinski definition) is 5. The van der Waals surface area contributed by atoms with Gasteiger partial charge >= 0.3 is 0 Å². The van der Waals surface area contributed by atoms with Gasteiger partial charge in [0.1, 0.15) is 6.61 Å². The van der Waals surface area contributed by atoms with E-state index >= 15 is 0 Å². The second-order valence-electron chi connectivity index (χ2n) is 5.25. The van der Waals surface area contributed by atoms with E-state index < -0.39 is 4.92 Å². The molecule has 0 N–H and O–H groups in total. The molecule has 24 heavy (non-hydrogen) atoms. The van der Waals surface area contributed by atoms with E-state index in [4.69, 9.17) is 9.47 Å². The molecule has 7 heteroatoms. The molecule has 0 saturated carbocycles. The van der Waals surface area contributed by atoms with Gasteiger partial charge in [0, 0.05) is 19.2 Å². The van der Waals surface area contributed by atoms with Crippen molar-refractivity contribution in [3.8, 4) is 5.88 Å². The van der Waals surface area contributed by atoms with Gasteiger partial charge < -0.3 is 9.47 Å². The van der Waals surface area contributed by atoms with E-state index in [9.17, 15) is 10.1 Å². The molecule has 0 amide bonds. The molecule has 3 rings (SSSR count). The smallest absolute Gasteiger partial charge is 0.270 e. The SMILES string of the molecule is COCCOc1c2cc([N+](=O)[O-])ccc2nn1Cc1ccccc1. The molecule has 3 aromatic rings. The monoisotopic (exact) mass is 327 g/mol. The molecule has 0 atom stereocenters. The molecule has 7 nitrogen and oxygen atoms in total. The molecule has 0 bridgehead atoms. The van der Waals surface area contributed by atoms with Crippen molar-refractivity contribution >= 4 is 16.6 Å². The predicted octanol–water partition coefficient (Wildman–Crippen LogP) is 3.02. The number of nitrogens with zero attached hydrogens (tertiary/aromatic N) is 3. The fourth-order valence-corrected chi connectivity index (χ4v) is 2.45. The fraction of sp³-hybridized carbons (Fsp3) is 0.235. The minimum absolute atomic E-state index is 0.0124. The van der Waals surface area contributed by atoms with Crippen molar-refractivity contribution in [3.63, 3.8) is 0 Å². The molecule has 0 saturated heterocycles. The van der Waals surface area contributed by atoms with Gasteiger partial charge in [-0.25, -0.2) is 4.68 Å². The van der Waals surface area contributed by atoms with Gasteiger partial charge in [-0.05, 0) is 11.6 Å². The van der Waals surface area contributed by atoms with Crippen molar-refractivity contribution in [1.82, 2.24) is 9.78 Å². The Hall–Kier alpha value is -2.93. The van der Waals surface area contributed by atoms with Crippen LogP contribution in [-0.2, 0) is 11.3 Å². The number of methoxy groups -OCH3 is 1. The summed E-state index contributed by atoms with van der Waals surface area (Å²) in [5.41, 5.74) is 1.73. The lowest BCUT2D eigenvalue weighted by Crippen LogP contribution is -2.10. The second-order valence-corrected chi connectivity index (χ2v) is 5.25. The first-order chi connectivity index (χ1) is 11.7. The van der Waals surface area contributed by atoms with Gasteiger partial charge in [-0.1, -0.05) is 30.3 Å². The van der Waals surface area contributed by atoms with Gasteiger partial charge in [0.25, 0.3) is 5.69 Å². The lowest BCUT2D eigenvalue weighted by atomic mass is 10.2. The average Bonchev–Trinajstić information content (AvgIpc) is 2.92. The van der Waals surface area contributed by atoms with Crippen LogP contribution in [0.4, 0.5) is 5.69 Å². The summed E-state index contributed by atoms with van der Waals surface area (Å²) in [6.45, 7) is 1.29. The van der Waals surface area contributed by atoms with Crippen molar-refractivity contribution in [2.24, 2.45) is 0 Å². The summed E-state index contributed by atoms with van der Waals surface area (Å²) in [5.74, 6) is 0.509. The summed E-state index contributed by atoms with van der Waals surface area (Å²) < 4.78 is 12.5. The molecule has 1 aromatic heterocycles. The number of rotatable bonds is 7. The molecule has 0 aliphatic carbocycles. The topological polar surface area (TPSA) is 79.4 Å². The Kier molecular flexibility index (Phi) is 4.72. The summed E-state index contributed by atoms with van der Waals surface area (Å²) in [7, 11) is 1.59. The number of non-ortho nitro benzene ring substituents is 1. The number of fused-ring (bicyclic) bond motifs is 1. The number of nitro groups is 1. The standard InChI is InChI=1S/C17H17N3O4/c1-23-9-10-24-17-15-11-14(20(21)22)7-8-16(15)18-19(17)12-13-5-3-2-4-6-13/h2-8,11H,9-10,12H2,1H3. The summed E-state index contributed by atoms with van der Waals surface area (Å²) in [5, 5.41) is 16.2. The van der Waals surface area contributed by atoms with E-state index in [2.05, 4.69) is 5.10 Å². The van der Waals surface area contributed by atoms with Crippen molar-refractivity contribution < 1.29 is 14.4 Å². The summed E-state index contributed by atoms with van der Waals surface area (Å²) in [4.78, 5) is 10.6. The third-order valence-corrected chi connectivity index (χ3v) is 3.59. The first-order valence-electron chi connectivity index (χ1n) is 7.49. The van der Waals surface area contributed by atoms with Crippen LogP contribution in [0.25, 0.3) is 10.9 Å². The van der Waals surface area contributed by atoms with Crippen LogP contribution in [0.5, 0.6) is 5.88 Å². The summed E-state index contributed by atoms with van der Waals surface area (Å²) in [6, 6.07) is 14.4. The van der Waals surface area contributed by atoms with Crippen molar-refractivity contribution in [3.05, 3.63) is 64.2 Å². The first-order valence-corrected chi connectivity index (χ1v) is 7.49. The highest BCUT2D eigenvalue weighted by Gasteiger charge is 2.17. The zero-order chi connectivity index (χ0) is 16.9. The maximum atomic E-state index is 11.0. The molecule has 2 aromatic carbocycles. The highest BCUT2D eigenvalue weighted by atomic mass is 16.6. The van der Waals surface area contributed by atoms with Crippen molar-refractivity contribution in [1.29, 1.82) is 0 Å². The van der Waals surface area contributed by atoms with E-state index in [0.717, 1.165) is 5.56 Å². The van der Waals surface area contributed by atoms with E-state index in [-0.39, 0.29) is 5.69 Å². The average molecular weight is 327 g/mol. The van der Waals surface area contributed by atoms with Crippen molar-refractivity contribution in [2.75, 3.05) is 20.3 Å². The molecule has 124 valence electrons. The molecule has 0 unspecified atom stereocenters. The van der Waals surface area contributed by atoms with Gasteiger partial charge in [0.05, 0.1) is 29.0 Å². The quantitative estimate of drug-likeness (QED) is 0.378. The third kappa shape index (κ3) is 3.36. The molecule has 0 radical (unpaired) electrons. The molecule has 1 heterocycles. The van der Waals surface area contributed by atoms with Crippen molar-refractivity contribution in [2.45, 2.75) is 6.54 Å². The van der Waals surface area contributed by atoms with Crippen LogP contribution in [0.2, 0.25) is 0 Å². The third-order valence-electron chi connectivity index (χ3n) is 3.59. The Morgan fingerprint density at radius 1 is 1.17 bits per heavy atom. The van der Waals surface area contributed by atoms with E-state index in [1.807, 2.05) is 30.3 Å². The van der Waals surface area contributed by atoms with Crippen LogP contribution in [0, 0.1) is 10.1 Å². The van der Waals surface area contributed by atoms with Gasteiger partial charge in [0.2, 0.25) is 5.88 Å². The van der Waals surface area contributed by atoms with Gasteiger partial charge in [-0.3, -0.25) is 10.1 Å². The maximum absolute atomic E-state index is 11.0. The predicted molar refractivity (Wildman–Crippen MR) is 89.3 cm³/mol. The van der Waals surface area contributed by atoms with E-state index in [1.54, 1.807) is 17.9 Å². The van der Waals surface area contributed by atoms with Crippen LogP contribution in [0.15, 0.2) is 48.5 Å². The van der Waals surface area contributed by atoms with Gasteiger partial charge in [-0.15, -0.1) is 0 Å². The summed E-state index contributed by atoms with van der Waals surface area (Å²) in [6.07, 6.45) is 0. The maximum Gasteiger partial charge on any atom is 0.270 e. The molecular weight excluding hydrogens is 310 g/mol. The van der Waals surface area contributed by atoms with E-state index in [0.29, 0.717) is 36.5 Å². The number of hydrogen-bond donors (Lipinski definition) is 0. The van der Waals surface area contributed by atoms with Gasteiger partial charge in [-0.2, -0.15) is 5.10 Å². The minimum atomic E-state index is -0.424. The number of benzene rings is 2. The van der Waals surface area contributed by atoms with Crippen LogP contribution in [0.1, 0.15) is 5.56 Å². The summed E-state index contributed by atoms with van der Waals surface area (Å²) >= 11 is 0.